The lowest BCUT2D eigenvalue weighted by Crippen LogP contribution is -2.43. The number of rotatable bonds is 6. The average Bonchev–Trinajstić information content (AvgIpc) is 2.99. The van der Waals surface area contributed by atoms with E-state index in [2.05, 4.69) is 10.3 Å². The summed E-state index contributed by atoms with van der Waals surface area (Å²) in [6, 6.07) is 12.1. The van der Waals surface area contributed by atoms with Crippen molar-refractivity contribution in [1.82, 2.24) is 10.3 Å². The summed E-state index contributed by atoms with van der Waals surface area (Å²) in [5.74, 6) is -1.90. The van der Waals surface area contributed by atoms with Gasteiger partial charge in [0.2, 0.25) is 5.91 Å². The van der Waals surface area contributed by atoms with Crippen molar-refractivity contribution >= 4 is 22.8 Å². The van der Waals surface area contributed by atoms with Crippen LogP contribution in [0.15, 0.2) is 54.7 Å². The van der Waals surface area contributed by atoms with Crippen LogP contribution in [0.5, 0.6) is 0 Å². The van der Waals surface area contributed by atoms with Gasteiger partial charge in [0.1, 0.15) is 11.9 Å². The van der Waals surface area contributed by atoms with Gasteiger partial charge in [0.25, 0.3) is 0 Å². The number of benzene rings is 2. The fourth-order valence-electron chi connectivity index (χ4n) is 2.75. The van der Waals surface area contributed by atoms with Gasteiger partial charge in [-0.1, -0.05) is 30.3 Å². The molecule has 1 aromatic heterocycles. The summed E-state index contributed by atoms with van der Waals surface area (Å²) in [7, 11) is 0. The van der Waals surface area contributed by atoms with Crippen molar-refractivity contribution < 1.29 is 19.1 Å². The molecule has 6 heteroatoms. The lowest BCUT2D eigenvalue weighted by molar-refractivity contribution is -0.141. The van der Waals surface area contributed by atoms with Gasteiger partial charge in [-0.15, -0.1) is 0 Å². The number of para-hydroxylation sites is 1. The van der Waals surface area contributed by atoms with Crippen LogP contribution in [-0.4, -0.2) is 28.0 Å². The summed E-state index contributed by atoms with van der Waals surface area (Å²) >= 11 is 0. The first kappa shape index (κ1) is 16.7. The molecule has 0 bridgehead atoms. The summed E-state index contributed by atoms with van der Waals surface area (Å²) < 4.78 is 12.9. The largest absolute Gasteiger partial charge is 0.480 e. The topological polar surface area (TPSA) is 82.2 Å². The van der Waals surface area contributed by atoms with Crippen LogP contribution < -0.4 is 5.32 Å². The maximum absolute atomic E-state index is 12.9. The second kappa shape index (κ2) is 7.17. The highest BCUT2D eigenvalue weighted by atomic mass is 19.1. The number of carbonyl (C=O) groups excluding carboxylic acids is 1. The van der Waals surface area contributed by atoms with Crippen molar-refractivity contribution in [2.24, 2.45) is 0 Å². The lowest BCUT2D eigenvalue weighted by Gasteiger charge is -2.14. The summed E-state index contributed by atoms with van der Waals surface area (Å²) in [5, 5.41) is 12.9. The van der Waals surface area contributed by atoms with Gasteiger partial charge in [-0.25, -0.2) is 9.18 Å². The minimum atomic E-state index is -1.10. The fourth-order valence-corrected chi connectivity index (χ4v) is 2.75. The Morgan fingerprint density at radius 1 is 1.12 bits per heavy atom. The number of carboxylic acids is 1. The maximum Gasteiger partial charge on any atom is 0.326 e. The van der Waals surface area contributed by atoms with E-state index in [0.717, 1.165) is 16.5 Å². The molecule has 1 amide bonds. The molecule has 0 unspecified atom stereocenters. The van der Waals surface area contributed by atoms with E-state index in [1.165, 1.54) is 24.3 Å². The number of halogens is 1. The quantitative estimate of drug-likeness (QED) is 0.645. The normalized spacial score (nSPS) is 12.0. The Kier molecular flexibility index (Phi) is 4.79. The Hall–Kier alpha value is -3.15. The highest BCUT2D eigenvalue weighted by Gasteiger charge is 2.21. The molecule has 2 aromatic carbocycles. The van der Waals surface area contributed by atoms with Crippen LogP contribution >= 0.6 is 0 Å². The molecule has 3 aromatic rings. The predicted octanol–water partition coefficient (Wildman–Crippen LogP) is 2.66. The first-order valence-corrected chi connectivity index (χ1v) is 7.84. The first-order valence-electron chi connectivity index (χ1n) is 7.84. The molecule has 0 saturated heterocycles. The summed E-state index contributed by atoms with van der Waals surface area (Å²) in [4.78, 5) is 26.7. The van der Waals surface area contributed by atoms with E-state index in [-0.39, 0.29) is 18.7 Å². The van der Waals surface area contributed by atoms with Crippen molar-refractivity contribution in [3.63, 3.8) is 0 Å². The van der Waals surface area contributed by atoms with Gasteiger partial charge in [-0.2, -0.15) is 0 Å². The van der Waals surface area contributed by atoms with Crippen molar-refractivity contribution in [1.29, 1.82) is 0 Å². The smallest absolute Gasteiger partial charge is 0.326 e. The summed E-state index contributed by atoms with van der Waals surface area (Å²) in [5.41, 5.74) is 2.36. The van der Waals surface area contributed by atoms with E-state index >= 15 is 0 Å². The van der Waals surface area contributed by atoms with Gasteiger partial charge in [-0.05, 0) is 29.3 Å². The minimum absolute atomic E-state index is 0.00204. The van der Waals surface area contributed by atoms with E-state index in [4.69, 9.17) is 0 Å². The third kappa shape index (κ3) is 4.03. The Labute approximate surface area is 143 Å². The molecule has 0 aliphatic carbocycles. The number of carboxylic acid groups (broad SMARTS) is 1. The zero-order valence-corrected chi connectivity index (χ0v) is 13.3. The SMILES string of the molecule is O=C(Cc1ccc(F)cc1)N[C@@H](Cc1c[nH]c2ccccc12)C(=O)O. The number of H-pyrrole nitrogens is 1. The summed E-state index contributed by atoms with van der Waals surface area (Å²) in [6.07, 6.45) is 1.93. The van der Waals surface area contributed by atoms with Gasteiger partial charge in [0.15, 0.2) is 0 Å². The number of fused-ring (bicyclic) bond motifs is 1. The van der Waals surface area contributed by atoms with Gasteiger partial charge in [-0.3, -0.25) is 4.79 Å². The van der Waals surface area contributed by atoms with Crippen molar-refractivity contribution in [3.8, 4) is 0 Å². The third-order valence-corrected chi connectivity index (χ3v) is 4.01. The standard InChI is InChI=1S/C19H17FN2O3/c20-14-7-5-12(6-8-14)9-18(23)22-17(19(24)25)10-13-11-21-16-4-2-1-3-15(13)16/h1-8,11,17,21H,9-10H2,(H,22,23)(H,24,25)/t17-/m0/s1. The van der Waals surface area contributed by atoms with Gasteiger partial charge in [0, 0.05) is 23.5 Å². The molecule has 25 heavy (non-hydrogen) atoms. The zero-order chi connectivity index (χ0) is 17.8. The molecular weight excluding hydrogens is 323 g/mol. The Balaban J connectivity index is 1.69. The Bertz CT molecular complexity index is 902. The number of aliphatic carboxylic acids is 1. The van der Waals surface area contributed by atoms with Crippen LogP contribution in [-0.2, 0) is 22.4 Å². The molecule has 3 rings (SSSR count). The van der Waals surface area contributed by atoms with Crippen LogP contribution in [0.3, 0.4) is 0 Å². The molecule has 3 N–H and O–H groups in total. The molecule has 0 fully saturated rings. The molecule has 1 atom stereocenters. The number of hydrogen-bond acceptors (Lipinski definition) is 2. The van der Waals surface area contributed by atoms with Crippen molar-refractivity contribution in [3.05, 3.63) is 71.7 Å². The average molecular weight is 340 g/mol. The number of amides is 1. The monoisotopic (exact) mass is 340 g/mol. The maximum atomic E-state index is 12.9. The molecule has 0 aliphatic heterocycles. The second-order valence-corrected chi connectivity index (χ2v) is 5.83. The van der Waals surface area contributed by atoms with Crippen LogP contribution in [0.1, 0.15) is 11.1 Å². The molecule has 0 saturated carbocycles. The first-order chi connectivity index (χ1) is 12.0. The molecule has 0 aliphatic rings. The molecule has 0 radical (unpaired) electrons. The van der Waals surface area contributed by atoms with Gasteiger partial charge < -0.3 is 15.4 Å². The van der Waals surface area contributed by atoms with Crippen LogP contribution in [0.2, 0.25) is 0 Å². The van der Waals surface area contributed by atoms with E-state index in [1.807, 2.05) is 24.3 Å². The van der Waals surface area contributed by atoms with Crippen LogP contribution in [0.25, 0.3) is 10.9 Å². The zero-order valence-electron chi connectivity index (χ0n) is 13.3. The van der Waals surface area contributed by atoms with Crippen LogP contribution in [0, 0.1) is 5.82 Å². The number of carbonyl (C=O) groups is 2. The Morgan fingerprint density at radius 2 is 1.84 bits per heavy atom. The van der Waals surface area contributed by atoms with Gasteiger partial charge in [0.05, 0.1) is 6.42 Å². The van der Waals surface area contributed by atoms with Gasteiger partial charge >= 0.3 is 5.97 Å². The predicted molar refractivity (Wildman–Crippen MR) is 91.7 cm³/mol. The molecule has 5 nitrogen and oxygen atoms in total. The molecule has 128 valence electrons. The highest BCUT2D eigenvalue weighted by Crippen LogP contribution is 2.19. The van der Waals surface area contributed by atoms with E-state index in [1.54, 1.807) is 6.20 Å². The number of aromatic amines is 1. The van der Waals surface area contributed by atoms with Crippen molar-refractivity contribution in [2.75, 3.05) is 0 Å². The Morgan fingerprint density at radius 3 is 2.56 bits per heavy atom. The molecular formula is C19H17FN2O3. The van der Waals surface area contributed by atoms with E-state index in [9.17, 15) is 19.1 Å². The third-order valence-electron chi connectivity index (χ3n) is 4.01. The second-order valence-electron chi connectivity index (χ2n) is 5.83. The van der Waals surface area contributed by atoms with Crippen LogP contribution in [0.4, 0.5) is 4.39 Å². The lowest BCUT2D eigenvalue weighted by atomic mass is 10.0. The fraction of sp³-hybridized carbons (Fsp3) is 0.158. The van der Waals surface area contributed by atoms with E-state index < -0.39 is 17.9 Å². The number of aromatic nitrogens is 1. The summed E-state index contributed by atoms with van der Waals surface area (Å²) in [6.45, 7) is 0. The molecule has 0 spiro atoms. The number of hydrogen-bond donors (Lipinski definition) is 3. The minimum Gasteiger partial charge on any atom is -0.480 e. The van der Waals surface area contributed by atoms with Crippen molar-refractivity contribution in [2.45, 2.75) is 18.9 Å². The number of nitrogens with one attached hydrogen (secondary N) is 2. The highest BCUT2D eigenvalue weighted by molar-refractivity contribution is 5.87. The van der Waals surface area contributed by atoms with E-state index in [0.29, 0.717) is 5.56 Å². The molecule has 1 heterocycles.